The average molecular weight is 195 g/mol. The van der Waals surface area contributed by atoms with Crippen LogP contribution in [0, 0.1) is 0 Å². The minimum Gasteiger partial charge on any atom is -0.349 e. The van der Waals surface area contributed by atoms with E-state index in [4.69, 9.17) is 0 Å². The molecule has 1 rings (SSSR count). The number of aldehydes is 1. The van der Waals surface area contributed by atoms with E-state index in [-0.39, 0.29) is 5.91 Å². The van der Waals surface area contributed by atoms with Crippen LogP contribution in [-0.2, 0) is 11.3 Å². The molecule has 1 amide bonds. The first-order valence-corrected chi connectivity index (χ1v) is 4.30. The van der Waals surface area contributed by atoms with E-state index in [1.165, 1.54) is 4.90 Å². The summed E-state index contributed by atoms with van der Waals surface area (Å²) >= 11 is 0. The largest absolute Gasteiger partial charge is 0.349 e. The lowest BCUT2D eigenvalue weighted by Gasteiger charge is -2.09. The summed E-state index contributed by atoms with van der Waals surface area (Å²) in [6, 6.07) is 0. The van der Waals surface area contributed by atoms with Crippen LogP contribution < -0.4 is 0 Å². The molecule has 0 saturated heterocycles. The van der Waals surface area contributed by atoms with Crippen molar-refractivity contribution in [1.82, 2.24) is 14.5 Å². The van der Waals surface area contributed by atoms with E-state index in [2.05, 4.69) is 4.98 Å². The Kier molecular flexibility index (Phi) is 3.39. The summed E-state index contributed by atoms with van der Waals surface area (Å²) < 4.78 is 1.73. The first-order chi connectivity index (χ1) is 6.63. The van der Waals surface area contributed by atoms with Crippen LogP contribution in [0.25, 0.3) is 0 Å². The van der Waals surface area contributed by atoms with Gasteiger partial charge in [-0.1, -0.05) is 0 Å². The van der Waals surface area contributed by atoms with Crippen LogP contribution in [0.5, 0.6) is 0 Å². The Morgan fingerprint density at radius 2 is 2.36 bits per heavy atom. The molecular formula is C9H13N3O2. The number of hydrogen-bond donors (Lipinski definition) is 0. The Morgan fingerprint density at radius 3 is 2.86 bits per heavy atom. The third-order valence-corrected chi connectivity index (χ3v) is 1.86. The van der Waals surface area contributed by atoms with Crippen molar-refractivity contribution in [2.24, 2.45) is 0 Å². The van der Waals surface area contributed by atoms with Crippen molar-refractivity contribution in [3.63, 3.8) is 0 Å². The number of aryl methyl sites for hydroxylation is 1. The minimum absolute atomic E-state index is 0.0614. The van der Waals surface area contributed by atoms with Crippen LogP contribution in [0.1, 0.15) is 16.9 Å². The molecule has 14 heavy (non-hydrogen) atoms. The lowest BCUT2D eigenvalue weighted by atomic mass is 10.4. The van der Waals surface area contributed by atoms with Gasteiger partial charge in [0.2, 0.25) is 5.91 Å². The smallest absolute Gasteiger partial charge is 0.223 e. The number of carbonyl (C=O) groups is 2. The third kappa shape index (κ3) is 2.69. The molecule has 0 aliphatic carbocycles. The predicted octanol–water partition coefficient (Wildman–Crippen LogP) is 0.174. The lowest BCUT2D eigenvalue weighted by Crippen LogP contribution is -2.22. The second-order valence-electron chi connectivity index (χ2n) is 3.19. The Balaban J connectivity index is 2.45. The Morgan fingerprint density at radius 1 is 1.64 bits per heavy atom. The molecule has 0 aromatic carbocycles. The number of amides is 1. The molecule has 0 saturated carbocycles. The molecule has 1 aromatic rings. The first-order valence-electron chi connectivity index (χ1n) is 4.30. The molecule has 0 unspecified atom stereocenters. The lowest BCUT2D eigenvalue weighted by molar-refractivity contribution is -0.128. The fourth-order valence-corrected chi connectivity index (χ4v) is 1.01. The Labute approximate surface area is 82.3 Å². The van der Waals surface area contributed by atoms with E-state index in [0.29, 0.717) is 24.9 Å². The van der Waals surface area contributed by atoms with E-state index in [0.717, 1.165) is 0 Å². The van der Waals surface area contributed by atoms with Crippen molar-refractivity contribution in [1.29, 1.82) is 0 Å². The van der Waals surface area contributed by atoms with Gasteiger partial charge in [0.1, 0.15) is 5.69 Å². The Hall–Kier alpha value is -1.65. The third-order valence-electron chi connectivity index (χ3n) is 1.86. The number of carbonyl (C=O) groups excluding carboxylic acids is 2. The highest BCUT2D eigenvalue weighted by Gasteiger charge is 2.04. The fourth-order valence-electron chi connectivity index (χ4n) is 1.01. The molecule has 1 aromatic heterocycles. The molecule has 0 aliphatic rings. The zero-order valence-electron chi connectivity index (χ0n) is 8.30. The molecular weight excluding hydrogens is 182 g/mol. The molecule has 0 atom stereocenters. The number of rotatable bonds is 4. The summed E-state index contributed by atoms with van der Waals surface area (Å²) in [6.45, 7) is 0.553. The molecule has 0 spiro atoms. The molecule has 0 aliphatic heterocycles. The molecule has 0 radical (unpaired) electrons. The monoisotopic (exact) mass is 195 g/mol. The van der Waals surface area contributed by atoms with Gasteiger partial charge in [-0.05, 0) is 0 Å². The molecule has 76 valence electrons. The van der Waals surface area contributed by atoms with Gasteiger partial charge in [0.25, 0.3) is 0 Å². The van der Waals surface area contributed by atoms with E-state index >= 15 is 0 Å². The SMILES string of the molecule is CN(C)C(=O)CCn1cnc(C=O)c1. The van der Waals surface area contributed by atoms with E-state index < -0.39 is 0 Å². The van der Waals surface area contributed by atoms with Gasteiger partial charge in [0.15, 0.2) is 6.29 Å². The normalized spacial score (nSPS) is 9.86. The molecule has 0 bridgehead atoms. The van der Waals surface area contributed by atoms with Crippen LogP contribution in [0.2, 0.25) is 0 Å². The van der Waals surface area contributed by atoms with Crippen LogP contribution >= 0.6 is 0 Å². The van der Waals surface area contributed by atoms with Gasteiger partial charge in [-0.25, -0.2) is 4.98 Å². The number of hydrogen-bond acceptors (Lipinski definition) is 3. The van der Waals surface area contributed by atoms with Crippen LogP contribution in [-0.4, -0.2) is 40.7 Å². The van der Waals surface area contributed by atoms with Gasteiger partial charge in [-0.15, -0.1) is 0 Å². The highest BCUT2D eigenvalue weighted by molar-refractivity contribution is 5.75. The second-order valence-corrected chi connectivity index (χ2v) is 3.19. The second kappa shape index (κ2) is 4.55. The van der Waals surface area contributed by atoms with Gasteiger partial charge in [0, 0.05) is 33.3 Å². The van der Waals surface area contributed by atoms with Crippen molar-refractivity contribution in [2.45, 2.75) is 13.0 Å². The average Bonchev–Trinajstić information content (AvgIpc) is 2.61. The standard InChI is InChI=1S/C9H13N3O2/c1-11(2)9(14)3-4-12-5-8(6-13)10-7-12/h5-7H,3-4H2,1-2H3. The van der Waals surface area contributed by atoms with Crippen molar-refractivity contribution >= 4 is 12.2 Å². The van der Waals surface area contributed by atoms with E-state index in [1.807, 2.05) is 0 Å². The quantitative estimate of drug-likeness (QED) is 0.644. The van der Waals surface area contributed by atoms with Crippen molar-refractivity contribution in [3.8, 4) is 0 Å². The zero-order valence-corrected chi connectivity index (χ0v) is 8.30. The molecule has 1 heterocycles. The fraction of sp³-hybridized carbons (Fsp3) is 0.444. The summed E-state index contributed by atoms with van der Waals surface area (Å²) in [4.78, 5) is 26.9. The summed E-state index contributed by atoms with van der Waals surface area (Å²) in [5.41, 5.74) is 0.391. The van der Waals surface area contributed by atoms with Crippen LogP contribution in [0.3, 0.4) is 0 Å². The van der Waals surface area contributed by atoms with Gasteiger partial charge < -0.3 is 9.47 Å². The Bertz CT molecular complexity index is 331. The summed E-state index contributed by atoms with van der Waals surface area (Å²) in [5.74, 6) is 0.0614. The van der Waals surface area contributed by atoms with Crippen molar-refractivity contribution in [3.05, 3.63) is 18.2 Å². The molecule has 0 N–H and O–H groups in total. The molecule has 5 nitrogen and oxygen atoms in total. The van der Waals surface area contributed by atoms with Crippen LogP contribution in [0.15, 0.2) is 12.5 Å². The minimum atomic E-state index is 0.0614. The number of imidazole rings is 1. The van der Waals surface area contributed by atoms with E-state index in [1.54, 1.807) is 31.2 Å². The predicted molar refractivity (Wildman–Crippen MR) is 50.9 cm³/mol. The van der Waals surface area contributed by atoms with Gasteiger partial charge in [0.05, 0.1) is 6.33 Å². The molecule has 0 fully saturated rings. The highest BCUT2D eigenvalue weighted by Crippen LogP contribution is 1.96. The highest BCUT2D eigenvalue weighted by atomic mass is 16.2. The van der Waals surface area contributed by atoms with Crippen molar-refractivity contribution in [2.75, 3.05) is 14.1 Å². The summed E-state index contributed by atoms with van der Waals surface area (Å²) in [5, 5.41) is 0. The zero-order chi connectivity index (χ0) is 10.6. The summed E-state index contributed by atoms with van der Waals surface area (Å²) in [6.07, 6.45) is 4.27. The van der Waals surface area contributed by atoms with E-state index in [9.17, 15) is 9.59 Å². The summed E-state index contributed by atoms with van der Waals surface area (Å²) in [7, 11) is 3.43. The first kappa shape index (κ1) is 10.4. The number of aromatic nitrogens is 2. The van der Waals surface area contributed by atoms with Gasteiger partial charge in [-0.2, -0.15) is 0 Å². The maximum absolute atomic E-state index is 11.2. The maximum atomic E-state index is 11.2. The van der Waals surface area contributed by atoms with Crippen molar-refractivity contribution < 1.29 is 9.59 Å². The molecule has 5 heteroatoms. The maximum Gasteiger partial charge on any atom is 0.223 e. The van der Waals surface area contributed by atoms with Gasteiger partial charge in [-0.3, -0.25) is 9.59 Å². The van der Waals surface area contributed by atoms with Gasteiger partial charge >= 0.3 is 0 Å². The number of nitrogens with zero attached hydrogens (tertiary/aromatic N) is 3. The topological polar surface area (TPSA) is 55.2 Å². The van der Waals surface area contributed by atoms with Crippen LogP contribution in [0.4, 0.5) is 0 Å².